The number of aromatic nitrogens is 1. The van der Waals surface area contributed by atoms with Crippen molar-refractivity contribution in [3.8, 4) is 28.5 Å². The van der Waals surface area contributed by atoms with Gasteiger partial charge in [0.1, 0.15) is 41.0 Å². The van der Waals surface area contributed by atoms with Crippen LogP contribution in [0.5, 0.6) is 17.2 Å². The molecular weight excluding hydrogens is 767 g/mol. The van der Waals surface area contributed by atoms with Crippen molar-refractivity contribution in [2.75, 3.05) is 13.7 Å². The second kappa shape index (κ2) is 16.5. The van der Waals surface area contributed by atoms with Crippen LogP contribution < -0.4 is 29.6 Å². The van der Waals surface area contributed by atoms with Crippen LogP contribution in [-0.4, -0.2) is 96.0 Å². The maximum absolute atomic E-state index is 14.5. The average molecular weight is 818 g/mol. The Morgan fingerprint density at radius 2 is 1.78 bits per heavy atom. The molecule has 16 heteroatoms. The molecule has 0 spiro atoms. The Bertz CT molecular complexity index is 2210. The first-order valence-electron chi connectivity index (χ1n) is 19.9. The predicted octanol–water partition coefficient (Wildman–Crippen LogP) is 4.93. The number of nitrogens with one attached hydrogen (secondary N) is 3. The molecule has 58 heavy (non-hydrogen) atoms. The molecule has 1 saturated heterocycles. The predicted molar refractivity (Wildman–Crippen MR) is 215 cm³/mol. The number of hydrogen-bond acceptors (Lipinski definition) is 10. The lowest BCUT2D eigenvalue weighted by molar-refractivity contribution is -0.142. The van der Waals surface area contributed by atoms with Crippen molar-refractivity contribution in [2.45, 2.75) is 107 Å². The Labute approximate surface area is 337 Å². The second-order valence-electron chi connectivity index (χ2n) is 16.1. The van der Waals surface area contributed by atoms with Crippen molar-refractivity contribution >= 4 is 44.7 Å². The SMILES string of the molecule is COc1ccc2c(O[C@@H]3C[C@H]4C(=O)N[C@]5(C(=O)NS(=O)(=O)C6CC6)C[C@H]5/C=C\CCCC[C@@H](C)[C@H](NC(=O)O)C(=O)N4C3)cc(-c3ccc(OC(C)C)cc3)nc2c1. The highest BCUT2D eigenvalue weighted by Gasteiger charge is 2.62. The summed E-state index contributed by atoms with van der Waals surface area (Å²) >= 11 is 0. The minimum absolute atomic E-state index is 0.000859. The quantitative estimate of drug-likeness (QED) is 0.202. The van der Waals surface area contributed by atoms with Gasteiger partial charge in [-0.3, -0.25) is 19.1 Å². The molecule has 4 aliphatic rings. The highest BCUT2D eigenvalue weighted by atomic mass is 32.2. The zero-order valence-corrected chi connectivity index (χ0v) is 33.9. The summed E-state index contributed by atoms with van der Waals surface area (Å²) in [4.78, 5) is 61.0. The van der Waals surface area contributed by atoms with Gasteiger partial charge < -0.3 is 34.9 Å². The fourth-order valence-electron chi connectivity index (χ4n) is 7.96. The van der Waals surface area contributed by atoms with Gasteiger partial charge in [-0.1, -0.05) is 25.5 Å². The van der Waals surface area contributed by atoms with E-state index in [2.05, 4.69) is 15.4 Å². The minimum atomic E-state index is -3.92. The number of hydrogen-bond donors (Lipinski definition) is 4. The molecule has 4 N–H and O–H groups in total. The normalized spacial score (nSPS) is 27.0. The van der Waals surface area contributed by atoms with E-state index in [-0.39, 0.29) is 25.5 Å². The molecule has 3 aromatic rings. The molecule has 2 aromatic carbocycles. The van der Waals surface area contributed by atoms with Crippen LogP contribution in [0, 0.1) is 11.8 Å². The topological polar surface area (TPSA) is 203 Å². The Kier molecular flexibility index (Phi) is 11.6. The Hall–Kier alpha value is -5.38. The van der Waals surface area contributed by atoms with Crippen LogP contribution in [0.2, 0.25) is 0 Å². The van der Waals surface area contributed by atoms with Gasteiger partial charge in [0.25, 0.3) is 5.91 Å². The van der Waals surface area contributed by atoms with Crippen LogP contribution in [0.25, 0.3) is 22.2 Å². The van der Waals surface area contributed by atoms with E-state index in [0.29, 0.717) is 65.9 Å². The third kappa shape index (κ3) is 8.86. The Balaban J connectivity index is 1.23. The molecule has 1 aromatic heterocycles. The molecule has 2 saturated carbocycles. The van der Waals surface area contributed by atoms with Crippen molar-refractivity contribution in [1.29, 1.82) is 0 Å². The monoisotopic (exact) mass is 817 g/mol. The molecule has 0 unspecified atom stereocenters. The largest absolute Gasteiger partial charge is 0.497 e. The lowest BCUT2D eigenvalue weighted by Crippen LogP contribution is -2.59. The molecule has 0 radical (unpaired) electrons. The number of allylic oxidation sites excluding steroid dienone is 1. The number of carbonyl (C=O) groups excluding carboxylic acids is 3. The highest BCUT2D eigenvalue weighted by Crippen LogP contribution is 2.46. The fourth-order valence-corrected chi connectivity index (χ4v) is 9.33. The number of nitrogens with zero attached hydrogens (tertiary/aromatic N) is 2. The van der Waals surface area contributed by atoms with E-state index in [1.807, 2.05) is 56.3 Å². The van der Waals surface area contributed by atoms with E-state index in [0.717, 1.165) is 12.0 Å². The minimum Gasteiger partial charge on any atom is -0.497 e. The van der Waals surface area contributed by atoms with Crippen LogP contribution >= 0.6 is 0 Å². The van der Waals surface area contributed by atoms with Gasteiger partial charge >= 0.3 is 6.09 Å². The van der Waals surface area contributed by atoms with Crippen LogP contribution in [-0.2, 0) is 24.4 Å². The van der Waals surface area contributed by atoms with Gasteiger partial charge in [0.2, 0.25) is 21.8 Å². The number of amides is 4. The molecule has 2 aliphatic carbocycles. The molecule has 310 valence electrons. The van der Waals surface area contributed by atoms with Gasteiger partial charge in [-0.2, -0.15) is 0 Å². The van der Waals surface area contributed by atoms with E-state index >= 15 is 0 Å². The van der Waals surface area contributed by atoms with Gasteiger partial charge in [0, 0.05) is 35.4 Å². The smallest absolute Gasteiger partial charge is 0.405 e. The number of ether oxygens (including phenoxy) is 3. The number of benzene rings is 2. The van der Waals surface area contributed by atoms with Crippen molar-refractivity contribution in [3.63, 3.8) is 0 Å². The molecule has 6 atom stereocenters. The standard InChI is InChI=1S/C42H51N5O10S/c1-24(2)56-28-13-11-26(12-14-28)33-21-36(32-18-15-29(55-4)19-34(32)43-33)57-30-20-35-38(48)45-42(40(50)46-58(53,54)31-16-17-31)22-27(42)10-8-6-5-7-9-25(3)37(44-41(51)52)39(49)47(35)23-30/h8,10-15,18-19,21,24-25,27,30-31,35,37,44H,5-7,9,16-17,20,22-23H2,1-4H3,(H,45,48)(H,46,50)(H,51,52)/b10-8-/t25-,27-,30-,35+,37+,42-/m1/s1. The lowest BCUT2D eigenvalue weighted by Gasteiger charge is -2.31. The zero-order chi connectivity index (χ0) is 41.4. The summed E-state index contributed by atoms with van der Waals surface area (Å²) in [7, 11) is -2.36. The van der Waals surface area contributed by atoms with E-state index < -0.39 is 74.7 Å². The van der Waals surface area contributed by atoms with Crippen molar-refractivity contribution in [1.82, 2.24) is 25.2 Å². The summed E-state index contributed by atoms with van der Waals surface area (Å²) in [6, 6.07) is 12.3. The third-order valence-electron chi connectivity index (χ3n) is 11.4. The van der Waals surface area contributed by atoms with E-state index in [4.69, 9.17) is 19.2 Å². The lowest BCUT2D eigenvalue weighted by atomic mass is 9.94. The van der Waals surface area contributed by atoms with Crippen molar-refractivity contribution in [3.05, 3.63) is 60.7 Å². The van der Waals surface area contributed by atoms with Gasteiger partial charge in [-0.25, -0.2) is 18.2 Å². The fraction of sp³-hybridized carbons (Fsp3) is 0.500. The van der Waals surface area contributed by atoms with Crippen LogP contribution in [0.3, 0.4) is 0 Å². The van der Waals surface area contributed by atoms with Gasteiger partial charge in [0.05, 0.1) is 36.2 Å². The second-order valence-corrected chi connectivity index (χ2v) is 18.1. The van der Waals surface area contributed by atoms with Crippen molar-refractivity contribution < 1.29 is 46.9 Å². The molecule has 15 nitrogen and oxygen atoms in total. The Morgan fingerprint density at radius 3 is 2.47 bits per heavy atom. The number of sulfonamides is 1. The number of methoxy groups -OCH3 is 1. The summed E-state index contributed by atoms with van der Waals surface area (Å²) in [5.74, 6) is -1.21. The molecular formula is C42H51N5O10S. The molecule has 3 fully saturated rings. The van der Waals surface area contributed by atoms with Gasteiger partial charge in [-0.15, -0.1) is 0 Å². The summed E-state index contributed by atoms with van der Waals surface area (Å²) in [6.45, 7) is 5.63. The van der Waals surface area contributed by atoms with Gasteiger partial charge in [0.15, 0.2) is 0 Å². The van der Waals surface area contributed by atoms with Crippen molar-refractivity contribution in [2.24, 2.45) is 11.8 Å². The maximum Gasteiger partial charge on any atom is 0.405 e. The molecule has 3 heterocycles. The zero-order valence-electron chi connectivity index (χ0n) is 33.1. The number of pyridine rings is 1. The van der Waals surface area contributed by atoms with Crippen LogP contribution in [0.1, 0.15) is 72.1 Å². The van der Waals surface area contributed by atoms with E-state index in [9.17, 15) is 32.7 Å². The summed E-state index contributed by atoms with van der Waals surface area (Å²) in [5.41, 5.74) is 0.420. The summed E-state index contributed by atoms with van der Waals surface area (Å²) in [5, 5.41) is 15.1. The maximum atomic E-state index is 14.5. The summed E-state index contributed by atoms with van der Waals surface area (Å²) in [6.07, 6.45) is 5.38. The third-order valence-corrected chi connectivity index (χ3v) is 13.2. The number of carboxylic acid groups (broad SMARTS) is 1. The Morgan fingerprint density at radius 1 is 1.03 bits per heavy atom. The molecule has 4 amide bonds. The molecule has 7 rings (SSSR count). The molecule has 2 aliphatic heterocycles. The highest BCUT2D eigenvalue weighted by molar-refractivity contribution is 7.91. The summed E-state index contributed by atoms with van der Waals surface area (Å²) < 4.78 is 46.0. The number of fused-ring (bicyclic) bond motifs is 3. The first-order valence-corrected chi connectivity index (χ1v) is 21.5. The first-order chi connectivity index (χ1) is 27.7. The number of carbonyl (C=O) groups is 4. The van der Waals surface area contributed by atoms with E-state index in [1.165, 1.54) is 4.90 Å². The molecule has 0 bridgehead atoms. The van der Waals surface area contributed by atoms with E-state index in [1.54, 1.807) is 32.2 Å². The van der Waals surface area contributed by atoms with Crippen LogP contribution in [0.15, 0.2) is 60.7 Å². The van der Waals surface area contributed by atoms with Gasteiger partial charge in [-0.05, 0) is 94.7 Å². The van der Waals surface area contributed by atoms with Crippen LogP contribution in [0.4, 0.5) is 4.79 Å². The average Bonchev–Trinajstić information content (AvgIpc) is 4.11. The number of rotatable bonds is 10. The first kappa shape index (κ1) is 40.8.